The van der Waals surface area contributed by atoms with Gasteiger partial charge in [-0.05, 0) is 46.1 Å². The quantitative estimate of drug-likeness (QED) is 0.403. The summed E-state index contributed by atoms with van der Waals surface area (Å²) in [5.74, 6) is -3.10. The van der Waals surface area contributed by atoms with Crippen LogP contribution in [0.1, 0.15) is 80.0 Å². The Morgan fingerprint density at radius 2 is 1.84 bits per heavy atom. The third kappa shape index (κ3) is 5.27. The number of esters is 1. The molecule has 0 bridgehead atoms. The van der Waals surface area contributed by atoms with Crippen molar-refractivity contribution in [1.29, 1.82) is 0 Å². The fourth-order valence-corrected chi connectivity index (χ4v) is 4.23. The molecule has 0 aromatic heterocycles. The van der Waals surface area contributed by atoms with E-state index in [1.165, 1.54) is 0 Å². The summed E-state index contributed by atoms with van der Waals surface area (Å²) in [7, 11) is 0. The van der Waals surface area contributed by atoms with E-state index in [0.717, 1.165) is 0 Å². The second-order valence-corrected chi connectivity index (χ2v) is 9.23. The molecule has 2 unspecified atom stereocenters. The molecule has 0 radical (unpaired) electrons. The van der Waals surface area contributed by atoms with Crippen LogP contribution in [0.5, 0.6) is 0 Å². The second kappa shape index (κ2) is 9.12. The lowest BCUT2D eigenvalue weighted by molar-refractivity contribution is -0.155. The van der Waals surface area contributed by atoms with Gasteiger partial charge in [0.2, 0.25) is 0 Å². The number of hydrogen-bond acceptors (Lipinski definition) is 7. The Balaban J connectivity index is 1.61. The number of Topliss-reactive ketones (excluding diaryl/α,β-unsaturated/α-hetero) is 4. The summed E-state index contributed by atoms with van der Waals surface area (Å²) >= 11 is 0. The van der Waals surface area contributed by atoms with Crippen LogP contribution in [0.15, 0.2) is 18.2 Å². The van der Waals surface area contributed by atoms with Crippen molar-refractivity contribution in [2.45, 2.75) is 64.9 Å². The van der Waals surface area contributed by atoms with Gasteiger partial charge in [0.05, 0.1) is 17.9 Å². The van der Waals surface area contributed by atoms with Gasteiger partial charge in [-0.25, -0.2) is 0 Å². The lowest BCUT2D eigenvalue weighted by Crippen LogP contribution is -2.36. The summed E-state index contributed by atoms with van der Waals surface area (Å²) in [4.78, 5) is 61.7. The number of anilines is 1. The summed E-state index contributed by atoms with van der Waals surface area (Å²) in [5, 5.41) is 3.20. The minimum absolute atomic E-state index is 0.134. The molecule has 2 aliphatic carbocycles. The number of ketones is 4. The lowest BCUT2D eigenvalue weighted by Gasteiger charge is -2.23. The first kappa shape index (κ1) is 22.8. The molecule has 7 nitrogen and oxygen atoms in total. The fourth-order valence-electron chi connectivity index (χ4n) is 4.23. The van der Waals surface area contributed by atoms with Crippen molar-refractivity contribution in [2.75, 3.05) is 11.9 Å². The molecule has 1 fully saturated rings. The zero-order valence-corrected chi connectivity index (χ0v) is 18.3. The number of rotatable bonds is 7. The Bertz CT molecular complexity index is 926. The number of benzene rings is 1. The van der Waals surface area contributed by atoms with E-state index in [2.05, 4.69) is 5.32 Å². The molecular weight excluding hydrogens is 398 g/mol. The Hall–Kier alpha value is -2.83. The normalized spacial score (nSPS) is 21.3. The van der Waals surface area contributed by atoms with Crippen LogP contribution in [-0.4, -0.2) is 41.2 Å². The van der Waals surface area contributed by atoms with Gasteiger partial charge in [0, 0.05) is 36.6 Å². The molecule has 2 atom stereocenters. The minimum Gasteiger partial charge on any atom is -0.460 e. The van der Waals surface area contributed by atoms with Crippen LogP contribution in [0.2, 0.25) is 0 Å². The fraction of sp³-hybridized carbons (Fsp3) is 0.542. The molecule has 1 aromatic rings. The number of hydrogen-bond donors (Lipinski definition) is 1. The molecule has 0 saturated heterocycles. The zero-order chi connectivity index (χ0) is 22.8. The molecule has 2 aliphatic rings. The van der Waals surface area contributed by atoms with Crippen molar-refractivity contribution >= 4 is 34.8 Å². The van der Waals surface area contributed by atoms with E-state index in [0.29, 0.717) is 42.6 Å². The van der Waals surface area contributed by atoms with E-state index in [-0.39, 0.29) is 48.4 Å². The average molecular weight is 427 g/mol. The SMILES string of the molecule is CC(C)(C)OC(=O)CCCCNc1cccc2c1C(=O)C(C1CCC(=O)CC1=O)C2=O. The summed E-state index contributed by atoms with van der Waals surface area (Å²) < 4.78 is 5.28. The van der Waals surface area contributed by atoms with E-state index >= 15 is 0 Å². The number of carbonyl (C=O) groups is 5. The van der Waals surface area contributed by atoms with Crippen molar-refractivity contribution in [2.24, 2.45) is 11.8 Å². The van der Waals surface area contributed by atoms with Crippen LogP contribution in [0, 0.1) is 11.8 Å². The Morgan fingerprint density at radius 1 is 1.10 bits per heavy atom. The second-order valence-electron chi connectivity index (χ2n) is 9.23. The van der Waals surface area contributed by atoms with E-state index in [9.17, 15) is 24.0 Å². The maximum atomic E-state index is 13.1. The van der Waals surface area contributed by atoms with Gasteiger partial charge >= 0.3 is 5.97 Å². The van der Waals surface area contributed by atoms with Crippen LogP contribution in [-0.2, 0) is 19.1 Å². The van der Waals surface area contributed by atoms with E-state index in [1.54, 1.807) is 18.2 Å². The maximum absolute atomic E-state index is 13.1. The molecule has 166 valence electrons. The lowest BCUT2D eigenvalue weighted by atomic mass is 9.76. The Kier molecular flexibility index (Phi) is 6.72. The van der Waals surface area contributed by atoms with Gasteiger partial charge in [0.15, 0.2) is 11.6 Å². The first-order chi connectivity index (χ1) is 14.6. The third-order valence-electron chi connectivity index (χ3n) is 5.61. The van der Waals surface area contributed by atoms with Crippen molar-refractivity contribution in [3.8, 4) is 0 Å². The van der Waals surface area contributed by atoms with Gasteiger partial charge in [0.1, 0.15) is 17.2 Å². The van der Waals surface area contributed by atoms with Crippen molar-refractivity contribution in [1.82, 2.24) is 0 Å². The summed E-state index contributed by atoms with van der Waals surface area (Å²) in [5.41, 5.74) is 0.721. The highest BCUT2D eigenvalue weighted by Crippen LogP contribution is 2.39. The van der Waals surface area contributed by atoms with Crippen molar-refractivity contribution in [3.05, 3.63) is 29.3 Å². The topological polar surface area (TPSA) is 107 Å². The zero-order valence-electron chi connectivity index (χ0n) is 18.3. The van der Waals surface area contributed by atoms with E-state index in [4.69, 9.17) is 4.74 Å². The highest BCUT2D eigenvalue weighted by molar-refractivity contribution is 6.30. The summed E-state index contributed by atoms with van der Waals surface area (Å²) in [6.45, 7) is 6.01. The van der Waals surface area contributed by atoms with Gasteiger partial charge in [-0.1, -0.05) is 12.1 Å². The third-order valence-corrected chi connectivity index (χ3v) is 5.61. The van der Waals surface area contributed by atoms with Gasteiger partial charge < -0.3 is 10.1 Å². The molecule has 1 N–H and O–H groups in total. The predicted molar refractivity (Wildman–Crippen MR) is 114 cm³/mol. The van der Waals surface area contributed by atoms with Crippen molar-refractivity contribution in [3.63, 3.8) is 0 Å². The first-order valence-corrected chi connectivity index (χ1v) is 10.8. The molecule has 3 rings (SSSR count). The van der Waals surface area contributed by atoms with Crippen LogP contribution in [0.4, 0.5) is 5.69 Å². The number of unbranched alkanes of at least 4 members (excludes halogenated alkanes) is 1. The average Bonchev–Trinajstić information content (AvgIpc) is 2.92. The molecule has 7 heteroatoms. The minimum atomic E-state index is -1.02. The van der Waals surface area contributed by atoms with Gasteiger partial charge in [-0.2, -0.15) is 0 Å². The molecule has 0 heterocycles. The highest BCUT2D eigenvalue weighted by Gasteiger charge is 2.48. The van der Waals surface area contributed by atoms with Gasteiger partial charge in [-0.15, -0.1) is 0 Å². The predicted octanol–water partition coefficient (Wildman–Crippen LogP) is 3.54. The molecular formula is C24H29NO6. The van der Waals surface area contributed by atoms with E-state index < -0.39 is 17.4 Å². The number of nitrogens with one attached hydrogen (secondary N) is 1. The Labute approximate surface area is 181 Å². The number of fused-ring (bicyclic) bond motifs is 1. The van der Waals surface area contributed by atoms with Crippen LogP contribution >= 0.6 is 0 Å². The Morgan fingerprint density at radius 3 is 2.52 bits per heavy atom. The molecule has 0 aliphatic heterocycles. The monoisotopic (exact) mass is 427 g/mol. The molecule has 1 saturated carbocycles. The smallest absolute Gasteiger partial charge is 0.306 e. The van der Waals surface area contributed by atoms with Crippen LogP contribution in [0.25, 0.3) is 0 Å². The maximum Gasteiger partial charge on any atom is 0.306 e. The molecule has 31 heavy (non-hydrogen) atoms. The summed E-state index contributed by atoms with van der Waals surface area (Å²) in [6, 6.07) is 5.07. The highest BCUT2D eigenvalue weighted by atomic mass is 16.6. The number of ether oxygens (including phenoxy) is 1. The molecule has 0 amide bonds. The van der Waals surface area contributed by atoms with Crippen LogP contribution in [0.3, 0.4) is 0 Å². The number of carbonyl (C=O) groups excluding carboxylic acids is 5. The van der Waals surface area contributed by atoms with Crippen LogP contribution < -0.4 is 5.32 Å². The van der Waals surface area contributed by atoms with E-state index in [1.807, 2.05) is 20.8 Å². The largest absolute Gasteiger partial charge is 0.460 e. The van der Waals surface area contributed by atoms with Gasteiger partial charge in [0.25, 0.3) is 0 Å². The van der Waals surface area contributed by atoms with Gasteiger partial charge in [-0.3, -0.25) is 24.0 Å². The first-order valence-electron chi connectivity index (χ1n) is 10.8. The standard InChI is InChI=1S/C24H29NO6/c1-24(2,3)31-19(28)9-4-5-12-25-17-8-6-7-16-20(17)23(30)21(22(16)29)15-11-10-14(26)13-18(15)27/h6-8,15,21,25H,4-5,9-13H2,1-3H3. The molecule has 0 spiro atoms. The van der Waals surface area contributed by atoms with Crippen molar-refractivity contribution < 1.29 is 28.7 Å². The molecule has 1 aromatic carbocycles. The summed E-state index contributed by atoms with van der Waals surface area (Å²) in [6.07, 6.45) is 1.93.